The highest BCUT2D eigenvalue weighted by Crippen LogP contribution is 2.41. The number of aromatic nitrogens is 2. The Morgan fingerprint density at radius 1 is 1.18 bits per heavy atom. The largest absolute Gasteiger partial charge is 0.361 e. The number of sulfonamides is 1. The minimum atomic E-state index is -3.63. The summed E-state index contributed by atoms with van der Waals surface area (Å²) in [7, 11) is 0.0238. The molecule has 0 amide bonds. The lowest BCUT2D eigenvalue weighted by Gasteiger charge is -2.50. The zero-order chi connectivity index (χ0) is 20.5. The first kappa shape index (κ1) is 19.5. The number of pyridine rings is 2. The van der Waals surface area contributed by atoms with E-state index in [1.54, 1.807) is 20.0 Å². The Kier molecular flexibility index (Phi) is 4.40. The molecule has 0 N–H and O–H groups in total. The second-order valence-corrected chi connectivity index (χ2v) is 10.2. The molecule has 2 aromatic rings. The number of piperazine rings is 1. The highest BCUT2D eigenvalue weighted by molar-refractivity contribution is 7.92. The molecule has 4 heterocycles. The number of anilines is 2. The van der Waals surface area contributed by atoms with E-state index in [4.69, 9.17) is 11.6 Å². The third-order valence-electron chi connectivity index (χ3n) is 5.90. The predicted octanol–water partition coefficient (Wildman–Crippen LogP) is 1.18. The summed E-state index contributed by atoms with van der Waals surface area (Å²) in [6, 6.07) is 2.00. The van der Waals surface area contributed by atoms with E-state index < -0.39 is 10.0 Å². The van der Waals surface area contributed by atoms with Gasteiger partial charge in [-0.15, -0.1) is 0 Å². The Labute approximate surface area is 169 Å². The average Bonchev–Trinajstić information content (AvgIpc) is 2.60. The number of halogens is 1. The van der Waals surface area contributed by atoms with E-state index in [1.807, 2.05) is 7.05 Å². The van der Waals surface area contributed by atoms with E-state index in [0.29, 0.717) is 40.5 Å². The van der Waals surface area contributed by atoms with Crippen LogP contribution in [0.5, 0.6) is 0 Å². The molecule has 152 valence electrons. The van der Waals surface area contributed by atoms with Gasteiger partial charge in [-0.25, -0.2) is 13.4 Å². The molecule has 2 aliphatic heterocycles. The van der Waals surface area contributed by atoms with Gasteiger partial charge in [-0.05, 0) is 27.0 Å². The fraction of sp³-hybridized carbons (Fsp3) is 0.556. The quantitative estimate of drug-likeness (QED) is 0.682. The van der Waals surface area contributed by atoms with Crippen molar-refractivity contribution in [3.63, 3.8) is 0 Å². The van der Waals surface area contributed by atoms with Crippen molar-refractivity contribution >= 4 is 44.0 Å². The fourth-order valence-corrected chi connectivity index (χ4v) is 5.29. The van der Waals surface area contributed by atoms with Crippen molar-refractivity contribution < 1.29 is 8.42 Å². The first-order chi connectivity index (χ1) is 13.0. The summed E-state index contributed by atoms with van der Waals surface area (Å²) in [5.41, 5.74) is 1.57. The highest BCUT2D eigenvalue weighted by atomic mass is 35.5. The van der Waals surface area contributed by atoms with E-state index in [-0.39, 0.29) is 29.9 Å². The van der Waals surface area contributed by atoms with E-state index >= 15 is 0 Å². The van der Waals surface area contributed by atoms with Crippen LogP contribution in [0.3, 0.4) is 0 Å². The van der Waals surface area contributed by atoms with Crippen LogP contribution in [0.25, 0.3) is 11.0 Å². The second-order valence-electron chi connectivity index (χ2n) is 7.88. The van der Waals surface area contributed by atoms with Crippen LogP contribution in [0.4, 0.5) is 11.4 Å². The van der Waals surface area contributed by atoms with Crippen LogP contribution < -0.4 is 14.8 Å². The maximum absolute atomic E-state index is 13.2. The molecular formula is C18H24ClN5O3S. The Bertz CT molecular complexity index is 1150. The zero-order valence-electron chi connectivity index (χ0n) is 16.6. The number of hydrogen-bond donors (Lipinski definition) is 0. The van der Waals surface area contributed by atoms with Gasteiger partial charge in [0.05, 0.1) is 35.2 Å². The molecule has 2 unspecified atom stereocenters. The van der Waals surface area contributed by atoms with E-state index in [2.05, 4.69) is 21.7 Å². The molecule has 2 aliphatic rings. The van der Waals surface area contributed by atoms with Gasteiger partial charge in [0.25, 0.3) is 5.56 Å². The predicted molar refractivity (Wildman–Crippen MR) is 112 cm³/mol. The SMILES string of the molecule is Cc1nc2c(cc1Cl)c1c(c(=O)n2C)N(S(C)(=O)=O)CC2CN(C)C(C)CN12. The fourth-order valence-electron chi connectivity index (χ4n) is 4.20. The van der Waals surface area contributed by atoms with E-state index in [0.717, 1.165) is 6.26 Å². The van der Waals surface area contributed by atoms with Crippen LogP contribution in [0.15, 0.2) is 10.9 Å². The lowest BCUT2D eigenvalue weighted by Crippen LogP contribution is -2.63. The van der Waals surface area contributed by atoms with Gasteiger partial charge >= 0.3 is 0 Å². The van der Waals surface area contributed by atoms with Crippen LogP contribution in [0.2, 0.25) is 5.02 Å². The summed E-state index contributed by atoms with van der Waals surface area (Å²) < 4.78 is 27.9. The Hall–Kier alpha value is -1.84. The molecule has 0 aromatic carbocycles. The topological polar surface area (TPSA) is 78.8 Å². The first-order valence-corrected chi connectivity index (χ1v) is 11.4. The smallest absolute Gasteiger partial charge is 0.278 e. The molecule has 2 aromatic heterocycles. The summed E-state index contributed by atoms with van der Waals surface area (Å²) in [5.74, 6) is 0. The standard InChI is InChI=1S/C18H24ClN5O3S/c1-10-7-23-12(8-21(10)3)9-24(28(5,26)27)16-15(23)13-6-14(19)11(2)20-17(13)22(4)18(16)25/h6,10,12H,7-9H2,1-5H3. The highest BCUT2D eigenvalue weighted by Gasteiger charge is 2.42. The molecule has 0 radical (unpaired) electrons. The van der Waals surface area contributed by atoms with Gasteiger partial charge in [0.15, 0.2) is 0 Å². The normalized spacial score (nSPS) is 23.1. The van der Waals surface area contributed by atoms with Crippen molar-refractivity contribution in [3.8, 4) is 0 Å². The van der Waals surface area contributed by atoms with Gasteiger partial charge in [-0.2, -0.15) is 0 Å². The molecule has 0 saturated carbocycles. The monoisotopic (exact) mass is 425 g/mol. The molecule has 10 heteroatoms. The summed E-state index contributed by atoms with van der Waals surface area (Å²) in [4.78, 5) is 22.2. The number of aryl methyl sites for hydroxylation is 2. The van der Waals surface area contributed by atoms with E-state index in [9.17, 15) is 13.2 Å². The molecule has 8 nitrogen and oxygen atoms in total. The minimum Gasteiger partial charge on any atom is -0.361 e. The Morgan fingerprint density at radius 3 is 2.50 bits per heavy atom. The van der Waals surface area contributed by atoms with Crippen molar-refractivity contribution in [2.75, 3.05) is 42.1 Å². The summed E-state index contributed by atoms with van der Waals surface area (Å²) in [6.07, 6.45) is 1.14. The third-order valence-corrected chi connectivity index (χ3v) is 7.42. The van der Waals surface area contributed by atoms with Crippen LogP contribution >= 0.6 is 11.6 Å². The maximum atomic E-state index is 13.2. The van der Waals surface area contributed by atoms with Crippen LogP contribution in [0, 0.1) is 6.92 Å². The summed E-state index contributed by atoms with van der Waals surface area (Å²) >= 11 is 6.37. The number of nitrogens with zero attached hydrogens (tertiary/aromatic N) is 5. The van der Waals surface area contributed by atoms with Crippen molar-refractivity contribution in [1.82, 2.24) is 14.5 Å². The van der Waals surface area contributed by atoms with Crippen LogP contribution in [-0.2, 0) is 17.1 Å². The summed E-state index contributed by atoms with van der Waals surface area (Å²) in [5, 5.41) is 1.19. The molecule has 0 spiro atoms. The molecule has 2 atom stereocenters. The van der Waals surface area contributed by atoms with Crippen molar-refractivity contribution in [3.05, 3.63) is 27.1 Å². The van der Waals surface area contributed by atoms with Gasteiger partial charge < -0.3 is 4.90 Å². The van der Waals surface area contributed by atoms with Gasteiger partial charge in [0.1, 0.15) is 11.3 Å². The molecule has 1 saturated heterocycles. The molecule has 4 rings (SSSR count). The average molecular weight is 426 g/mol. The zero-order valence-corrected chi connectivity index (χ0v) is 18.2. The van der Waals surface area contributed by atoms with Gasteiger partial charge in [-0.1, -0.05) is 11.6 Å². The van der Waals surface area contributed by atoms with Gasteiger partial charge in [0.2, 0.25) is 10.0 Å². The van der Waals surface area contributed by atoms with E-state index in [1.165, 1.54) is 8.87 Å². The maximum Gasteiger partial charge on any atom is 0.278 e. The number of rotatable bonds is 1. The van der Waals surface area contributed by atoms with Crippen molar-refractivity contribution in [2.45, 2.75) is 25.9 Å². The number of hydrogen-bond acceptors (Lipinski definition) is 6. The van der Waals surface area contributed by atoms with Gasteiger partial charge in [-0.3, -0.25) is 18.6 Å². The Morgan fingerprint density at radius 2 is 1.86 bits per heavy atom. The lowest BCUT2D eigenvalue weighted by molar-refractivity contribution is 0.200. The molecule has 1 fully saturated rings. The number of likely N-dealkylation sites (N-methyl/N-ethyl adjacent to an activating group) is 1. The first-order valence-electron chi connectivity index (χ1n) is 9.15. The van der Waals surface area contributed by atoms with Crippen molar-refractivity contribution in [2.24, 2.45) is 7.05 Å². The molecule has 28 heavy (non-hydrogen) atoms. The molecule has 0 aliphatic carbocycles. The minimum absolute atomic E-state index is 0.0567. The Balaban J connectivity index is 2.12. The lowest BCUT2D eigenvalue weighted by atomic mass is 10.0. The number of fused-ring (bicyclic) bond motifs is 5. The van der Waals surface area contributed by atoms with Crippen LogP contribution in [-0.4, -0.2) is 67.9 Å². The van der Waals surface area contributed by atoms with Crippen LogP contribution in [0.1, 0.15) is 12.6 Å². The van der Waals surface area contributed by atoms with Crippen molar-refractivity contribution in [1.29, 1.82) is 0 Å². The molecular weight excluding hydrogens is 402 g/mol. The third kappa shape index (κ3) is 2.79. The molecule has 0 bridgehead atoms. The second kappa shape index (κ2) is 6.33. The van der Waals surface area contributed by atoms with Gasteiger partial charge in [0, 0.05) is 31.6 Å². The summed E-state index contributed by atoms with van der Waals surface area (Å²) in [6.45, 7) is 5.55.